The predicted octanol–water partition coefficient (Wildman–Crippen LogP) is 5.23. The lowest BCUT2D eigenvalue weighted by molar-refractivity contribution is 0.104. The molecule has 1 aliphatic heterocycles. The van der Waals surface area contributed by atoms with E-state index < -0.39 is 0 Å². The lowest BCUT2D eigenvalue weighted by atomic mass is 10.1. The van der Waals surface area contributed by atoms with E-state index in [1.165, 1.54) is 45.3 Å². The Morgan fingerprint density at radius 2 is 1.67 bits per heavy atom. The number of piperidine rings is 1. The van der Waals surface area contributed by atoms with Crippen molar-refractivity contribution in [3.63, 3.8) is 0 Å². The van der Waals surface area contributed by atoms with Crippen LogP contribution in [0.25, 0.3) is 6.08 Å². The Balaban J connectivity index is 1.37. The van der Waals surface area contributed by atoms with E-state index in [1.807, 2.05) is 60.7 Å². The summed E-state index contributed by atoms with van der Waals surface area (Å²) < 4.78 is 5.84. The largest absolute Gasteiger partial charge is 0.494 e. The maximum atomic E-state index is 12.1. The molecule has 0 bridgehead atoms. The minimum atomic E-state index is 0.0182. The summed E-state index contributed by atoms with van der Waals surface area (Å²) >= 11 is 0. The van der Waals surface area contributed by atoms with Gasteiger partial charge in [-0.1, -0.05) is 55.0 Å². The topological polar surface area (TPSA) is 29.5 Å². The van der Waals surface area contributed by atoms with Crippen LogP contribution in [0.5, 0.6) is 5.75 Å². The second kappa shape index (κ2) is 10.7. The zero-order valence-electron chi connectivity index (χ0n) is 16.0. The molecule has 3 heteroatoms. The van der Waals surface area contributed by atoms with Crippen LogP contribution in [0.2, 0.25) is 0 Å². The number of carbonyl (C=O) groups excluding carboxylic acids is 1. The van der Waals surface area contributed by atoms with E-state index in [1.54, 1.807) is 6.08 Å². The molecule has 0 radical (unpaired) electrons. The molecule has 0 unspecified atom stereocenters. The zero-order chi connectivity index (χ0) is 18.7. The minimum Gasteiger partial charge on any atom is -0.494 e. The Labute approximate surface area is 162 Å². The van der Waals surface area contributed by atoms with E-state index in [0.717, 1.165) is 24.3 Å². The van der Waals surface area contributed by atoms with Gasteiger partial charge in [0, 0.05) is 5.56 Å². The Kier molecular flexibility index (Phi) is 7.67. The fourth-order valence-corrected chi connectivity index (χ4v) is 3.36. The number of unbranched alkanes of at least 4 members (excludes halogenated alkanes) is 1. The van der Waals surface area contributed by atoms with E-state index in [0.29, 0.717) is 5.56 Å². The number of rotatable bonds is 9. The average molecular weight is 364 g/mol. The SMILES string of the molecule is O=C(/C=C/c1ccc(OCCCCN2CCCCC2)cc1)c1ccccc1. The molecule has 0 amide bonds. The third kappa shape index (κ3) is 6.69. The van der Waals surface area contributed by atoms with Gasteiger partial charge in [0.1, 0.15) is 5.75 Å². The molecule has 1 aliphatic rings. The van der Waals surface area contributed by atoms with Crippen molar-refractivity contribution >= 4 is 11.9 Å². The standard InChI is InChI=1S/C24H29NO2/c26-24(22-9-3-1-4-10-22)16-13-21-11-14-23(15-12-21)27-20-8-7-19-25-17-5-2-6-18-25/h1,3-4,9-16H,2,5-8,17-20H2/b16-13+. The van der Waals surface area contributed by atoms with E-state index in [-0.39, 0.29) is 5.78 Å². The van der Waals surface area contributed by atoms with Crippen LogP contribution in [0, 0.1) is 0 Å². The first kappa shape index (κ1) is 19.4. The highest BCUT2D eigenvalue weighted by molar-refractivity contribution is 6.06. The highest BCUT2D eigenvalue weighted by atomic mass is 16.5. The van der Waals surface area contributed by atoms with Crippen LogP contribution >= 0.6 is 0 Å². The average Bonchev–Trinajstić information content (AvgIpc) is 2.74. The quantitative estimate of drug-likeness (QED) is 0.347. The molecule has 3 nitrogen and oxygen atoms in total. The monoisotopic (exact) mass is 363 g/mol. The lowest BCUT2D eigenvalue weighted by Crippen LogP contribution is -2.30. The van der Waals surface area contributed by atoms with Crippen LogP contribution in [-0.4, -0.2) is 36.9 Å². The van der Waals surface area contributed by atoms with Gasteiger partial charge in [-0.15, -0.1) is 0 Å². The molecular weight excluding hydrogens is 334 g/mol. The number of allylic oxidation sites excluding steroid dienone is 1. The molecule has 0 saturated carbocycles. The van der Waals surface area contributed by atoms with E-state index in [9.17, 15) is 4.79 Å². The Bertz CT molecular complexity index is 716. The summed E-state index contributed by atoms with van der Waals surface area (Å²) in [5.74, 6) is 0.907. The molecule has 0 aromatic heterocycles. The summed E-state index contributed by atoms with van der Waals surface area (Å²) in [5, 5.41) is 0. The summed E-state index contributed by atoms with van der Waals surface area (Å²) in [6.07, 6.45) is 9.85. The summed E-state index contributed by atoms with van der Waals surface area (Å²) in [6.45, 7) is 4.49. The van der Waals surface area contributed by atoms with E-state index in [4.69, 9.17) is 4.74 Å². The normalized spacial score (nSPS) is 15.1. The van der Waals surface area contributed by atoms with Crippen molar-refractivity contribution in [3.05, 3.63) is 71.8 Å². The van der Waals surface area contributed by atoms with Crippen molar-refractivity contribution in [2.75, 3.05) is 26.2 Å². The maximum absolute atomic E-state index is 12.1. The highest BCUT2D eigenvalue weighted by Crippen LogP contribution is 2.15. The second-order valence-corrected chi connectivity index (χ2v) is 7.09. The molecule has 1 fully saturated rings. The molecule has 3 rings (SSSR count). The number of hydrogen-bond acceptors (Lipinski definition) is 3. The molecule has 27 heavy (non-hydrogen) atoms. The number of nitrogens with zero attached hydrogens (tertiary/aromatic N) is 1. The van der Waals surface area contributed by atoms with Gasteiger partial charge in [-0.3, -0.25) is 4.79 Å². The first-order valence-corrected chi connectivity index (χ1v) is 10.0. The van der Waals surface area contributed by atoms with Crippen molar-refractivity contribution in [1.29, 1.82) is 0 Å². The van der Waals surface area contributed by atoms with Crippen molar-refractivity contribution in [1.82, 2.24) is 4.90 Å². The number of likely N-dealkylation sites (tertiary alicyclic amines) is 1. The van der Waals surface area contributed by atoms with Crippen LogP contribution < -0.4 is 4.74 Å². The predicted molar refractivity (Wildman–Crippen MR) is 111 cm³/mol. The molecule has 142 valence electrons. The van der Waals surface area contributed by atoms with Crippen molar-refractivity contribution < 1.29 is 9.53 Å². The third-order valence-corrected chi connectivity index (χ3v) is 4.95. The van der Waals surface area contributed by atoms with Gasteiger partial charge in [-0.2, -0.15) is 0 Å². The Morgan fingerprint density at radius 3 is 2.41 bits per heavy atom. The Hall–Kier alpha value is -2.39. The van der Waals surface area contributed by atoms with Gasteiger partial charge >= 0.3 is 0 Å². The van der Waals surface area contributed by atoms with Gasteiger partial charge in [0.05, 0.1) is 6.61 Å². The van der Waals surface area contributed by atoms with Crippen molar-refractivity contribution in [2.45, 2.75) is 32.1 Å². The molecule has 0 N–H and O–H groups in total. The zero-order valence-corrected chi connectivity index (χ0v) is 16.0. The number of ketones is 1. The summed E-state index contributed by atoms with van der Waals surface area (Å²) in [7, 11) is 0. The lowest BCUT2D eigenvalue weighted by Gasteiger charge is -2.26. The van der Waals surface area contributed by atoms with E-state index in [2.05, 4.69) is 4.90 Å². The third-order valence-electron chi connectivity index (χ3n) is 4.95. The van der Waals surface area contributed by atoms with Gasteiger partial charge in [-0.05, 0) is 69.1 Å². The molecule has 2 aromatic rings. The van der Waals surface area contributed by atoms with Gasteiger partial charge < -0.3 is 9.64 Å². The number of hydrogen-bond donors (Lipinski definition) is 0. The molecule has 0 spiro atoms. The smallest absolute Gasteiger partial charge is 0.185 e. The maximum Gasteiger partial charge on any atom is 0.185 e. The minimum absolute atomic E-state index is 0.0182. The Morgan fingerprint density at radius 1 is 0.926 bits per heavy atom. The molecule has 0 atom stereocenters. The van der Waals surface area contributed by atoms with Crippen LogP contribution in [0.3, 0.4) is 0 Å². The van der Waals surface area contributed by atoms with Crippen LogP contribution in [0.4, 0.5) is 0 Å². The van der Waals surface area contributed by atoms with Crippen LogP contribution in [-0.2, 0) is 0 Å². The molecular formula is C24H29NO2. The van der Waals surface area contributed by atoms with Gasteiger partial charge in [-0.25, -0.2) is 0 Å². The second-order valence-electron chi connectivity index (χ2n) is 7.09. The van der Waals surface area contributed by atoms with Crippen molar-refractivity contribution in [2.24, 2.45) is 0 Å². The number of ether oxygens (including phenoxy) is 1. The molecule has 1 heterocycles. The van der Waals surface area contributed by atoms with Gasteiger partial charge in [0.25, 0.3) is 0 Å². The fourth-order valence-electron chi connectivity index (χ4n) is 3.36. The number of carbonyl (C=O) groups is 1. The fraction of sp³-hybridized carbons (Fsp3) is 0.375. The van der Waals surface area contributed by atoms with Crippen molar-refractivity contribution in [3.8, 4) is 5.75 Å². The summed E-state index contributed by atoms with van der Waals surface area (Å²) in [6, 6.07) is 17.2. The molecule has 1 saturated heterocycles. The summed E-state index contributed by atoms with van der Waals surface area (Å²) in [4.78, 5) is 14.7. The van der Waals surface area contributed by atoms with Crippen LogP contribution in [0.1, 0.15) is 48.0 Å². The summed E-state index contributed by atoms with van der Waals surface area (Å²) in [5.41, 5.74) is 1.70. The highest BCUT2D eigenvalue weighted by Gasteiger charge is 2.08. The van der Waals surface area contributed by atoms with Gasteiger partial charge in [0.2, 0.25) is 0 Å². The first-order valence-electron chi connectivity index (χ1n) is 10.0. The first-order chi connectivity index (χ1) is 13.3. The number of benzene rings is 2. The molecule has 0 aliphatic carbocycles. The van der Waals surface area contributed by atoms with E-state index >= 15 is 0 Å². The van der Waals surface area contributed by atoms with Gasteiger partial charge in [0.15, 0.2) is 5.78 Å². The molecule has 2 aromatic carbocycles. The van der Waals surface area contributed by atoms with Crippen LogP contribution in [0.15, 0.2) is 60.7 Å².